The van der Waals surface area contributed by atoms with E-state index in [-0.39, 0.29) is 42.3 Å². The molecule has 1 aromatic rings. The molecule has 0 aromatic carbocycles. The number of aromatic nitrogens is 1. The topological polar surface area (TPSA) is 63.2 Å². The minimum Gasteiger partial charge on any atom is -0.485 e. The lowest BCUT2D eigenvalue weighted by Crippen LogP contribution is -2.37. The maximum absolute atomic E-state index is 12.1. The van der Waals surface area contributed by atoms with E-state index in [4.69, 9.17) is 4.74 Å². The van der Waals surface area contributed by atoms with Gasteiger partial charge in [-0.25, -0.2) is 13.8 Å². The van der Waals surface area contributed by atoms with Crippen molar-refractivity contribution in [2.45, 2.75) is 19.4 Å². The molecule has 0 bridgehead atoms. The van der Waals surface area contributed by atoms with Crippen molar-refractivity contribution in [3.63, 3.8) is 0 Å². The number of hydrogen-bond acceptors (Lipinski definition) is 4. The summed E-state index contributed by atoms with van der Waals surface area (Å²) in [4.78, 5) is 15.7. The van der Waals surface area contributed by atoms with Crippen LogP contribution in [-0.2, 0) is 0 Å². The summed E-state index contributed by atoms with van der Waals surface area (Å²) in [5.74, 6) is -0.399. The molecule has 1 amide bonds. The van der Waals surface area contributed by atoms with Crippen LogP contribution < -0.4 is 15.4 Å². The van der Waals surface area contributed by atoms with Gasteiger partial charge < -0.3 is 15.4 Å². The van der Waals surface area contributed by atoms with Crippen LogP contribution in [0.1, 0.15) is 17.4 Å². The Morgan fingerprint density at radius 3 is 2.67 bits per heavy atom. The number of carbonyl (C=O) groups is 1. The summed E-state index contributed by atoms with van der Waals surface area (Å²) < 4.78 is 29.1. The molecular weight excluding hydrogens is 327 g/mol. The Balaban J connectivity index is 0. The third kappa shape index (κ3) is 7.99. The summed E-state index contributed by atoms with van der Waals surface area (Å²) in [5.41, 5.74) is 0.00598. The second-order valence-corrected chi connectivity index (χ2v) is 3.95. The van der Waals surface area contributed by atoms with Crippen molar-refractivity contribution in [2.75, 3.05) is 20.2 Å². The highest BCUT2D eigenvalue weighted by Crippen LogP contribution is 2.15. The lowest BCUT2D eigenvalue weighted by atomic mass is 10.3. The van der Waals surface area contributed by atoms with Crippen LogP contribution in [0.25, 0.3) is 0 Å². The van der Waals surface area contributed by atoms with Crippen molar-refractivity contribution in [3.8, 4) is 5.75 Å². The fourth-order valence-electron chi connectivity index (χ4n) is 1.26. The number of likely N-dealkylation sites (N-methyl/N-ethyl adjacent to an activating group) is 1. The van der Waals surface area contributed by atoms with E-state index in [0.717, 1.165) is 0 Å². The van der Waals surface area contributed by atoms with Crippen LogP contribution in [0.4, 0.5) is 8.78 Å². The van der Waals surface area contributed by atoms with Crippen molar-refractivity contribution < 1.29 is 18.3 Å². The molecule has 0 aliphatic carbocycles. The van der Waals surface area contributed by atoms with Gasteiger partial charge in [0.25, 0.3) is 12.3 Å². The summed E-state index contributed by atoms with van der Waals surface area (Å²) in [6.07, 6.45) is -1.19. The molecule has 1 rings (SSSR count). The maximum atomic E-state index is 12.1. The van der Waals surface area contributed by atoms with E-state index >= 15 is 0 Å². The van der Waals surface area contributed by atoms with E-state index in [1.54, 1.807) is 7.05 Å². The normalized spacial score (nSPS) is 11.1. The van der Waals surface area contributed by atoms with E-state index in [1.807, 2.05) is 6.92 Å². The Hall–Kier alpha value is -1.18. The Bertz CT molecular complexity index is 425. The van der Waals surface area contributed by atoms with E-state index in [0.29, 0.717) is 6.54 Å². The van der Waals surface area contributed by atoms with Gasteiger partial charge in [-0.05, 0) is 26.1 Å². The highest BCUT2D eigenvalue weighted by atomic mass is 35.5. The molecule has 1 atom stereocenters. The van der Waals surface area contributed by atoms with E-state index in [2.05, 4.69) is 15.6 Å². The predicted octanol–water partition coefficient (Wildman–Crippen LogP) is 1.91. The molecule has 0 aliphatic rings. The van der Waals surface area contributed by atoms with Crippen LogP contribution in [-0.4, -0.2) is 43.6 Å². The molecule has 122 valence electrons. The number of rotatable bonds is 7. The molecule has 0 saturated heterocycles. The SMILES string of the molecule is CNC(C)CNC(=O)c1ncccc1OCC(F)F.Cl.Cl. The molecule has 0 spiro atoms. The summed E-state index contributed by atoms with van der Waals surface area (Å²) in [5, 5.41) is 5.61. The number of hydrogen-bond donors (Lipinski definition) is 2. The molecule has 0 saturated carbocycles. The van der Waals surface area contributed by atoms with Gasteiger partial charge in [0.2, 0.25) is 0 Å². The fourth-order valence-corrected chi connectivity index (χ4v) is 1.26. The van der Waals surface area contributed by atoms with Crippen molar-refractivity contribution in [1.29, 1.82) is 0 Å². The van der Waals surface area contributed by atoms with Gasteiger partial charge in [0.1, 0.15) is 6.61 Å². The molecule has 1 aromatic heterocycles. The third-order valence-corrected chi connectivity index (χ3v) is 2.41. The Morgan fingerprint density at radius 2 is 2.10 bits per heavy atom. The highest BCUT2D eigenvalue weighted by molar-refractivity contribution is 5.94. The van der Waals surface area contributed by atoms with E-state index in [9.17, 15) is 13.6 Å². The van der Waals surface area contributed by atoms with Gasteiger partial charge in [-0.1, -0.05) is 0 Å². The number of nitrogens with one attached hydrogen (secondary N) is 2. The Labute approximate surface area is 134 Å². The second kappa shape index (κ2) is 11.5. The molecule has 21 heavy (non-hydrogen) atoms. The number of nitrogens with zero attached hydrogens (tertiary/aromatic N) is 1. The van der Waals surface area contributed by atoms with Crippen molar-refractivity contribution >= 4 is 30.7 Å². The lowest BCUT2D eigenvalue weighted by molar-refractivity contribution is 0.0790. The minimum atomic E-state index is -2.60. The predicted molar refractivity (Wildman–Crippen MR) is 81.1 cm³/mol. The zero-order valence-corrected chi connectivity index (χ0v) is 13.3. The number of alkyl halides is 2. The molecule has 0 fully saturated rings. The lowest BCUT2D eigenvalue weighted by Gasteiger charge is -2.13. The quantitative estimate of drug-likeness (QED) is 0.792. The Kier molecular flexibility index (Phi) is 12.1. The van der Waals surface area contributed by atoms with Crippen molar-refractivity contribution in [2.24, 2.45) is 0 Å². The van der Waals surface area contributed by atoms with Crippen molar-refractivity contribution in [1.82, 2.24) is 15.6 Å². The zero-order valence-electron chi connectivity index (χ0n) is 11.6. The average molecular weight is 346 g/mol. The molecule has 2 N–H and O–H groups in total. The van der Waals surface area contributed by atoms with E-state index < -0.39 is 18.9 Å². The Morgan fingerprint density at radius 1 is 1.43 bits per heavy atom. The van der Waals surface area contributed by atoms with Crippen molar-refractivity contribution in [3.05, 3.63) is 24.0 Å². The van der Waals surface area contributed by atoms with Crippen LogP contribution in [0.2, 0.25) is 0 Å². The van der Waals surface area contributed by atoms with Crippen LogP contribution in [0.3, 0.4) is 0 Å². The monoisotopic (exact) mass is 345 g/mol. The summed E-state index contributed by atoms with van der Waals surface area (Å²) >= 11 is 0. The first kappa shape index (κ1) is 22.1. The van der Waals surface area contributed by atoms with Crippen LogP contribution >= 0.6 is 24.8 Å². The van der Waals surface area contributed by atoms with Gasteiger partial charge in [-0.2, -0.15) is 0 Å². The van der Waals surface area contributed by atoms with Crippen LogP contribution in [0, 0.1) is 0 Å². The fraction of sp³-hybridized carbons (Fsp3) is 0.500. The standard InChI is InChI=1S/C12H17F2N3O2.2ClH/c1-8(15-2)6-17-12(18)11-9(4-3-5-16-11)19-7-10(13)14;;/h3-5,8,10,15H,6-7H2,1-2H3,(H,17,18);2*1H. The summed E-state index contributed by atoms with van der Waals surface area (Å²) in [6.45, 7) is 1.53. The maximum Gasteiger partial charge on any atom is 0.273 e. The average Bonchev–Trinajstić information content (AvgIpc) is 2.42. The number of ether oxygens (including phenoxy) is 1. The van der Waals surface area contributed by atoms with E-state index in [1.165, 1.54) is 18.3 Å². The first-order valence-electron chi connectivity index (χ1n) is 5.86. The van der Waals surface area contributed by atoms with Gasteiger partial charge in [0, 0.05) is 18.8 Å². The number of carbonyl (C=O) groups excluding carboxylic acids is 1. The number of pyridine rings is 1. The molecule has 1 unspecified atom stereocenters. The highest BCUT2D eigenvalue weighted by Gasteiger charge is 2.15. The molecule has 0 radical (unpaired) electrons. The van der Waals surface area contributed by atoms with Gasteiger partial charge in [0.05, 0.1) is 0 Å². The summed E-state index contributed by atoms with van der Waals surface area (Å²) in [7, 11) is 1.77. The molecule has 5 nitrogen and oxygen atoms in total. The van der Waals surface area contributed by atoms with Gasteiger partial charge >= 0.3 is 0 Å². The van der Waals surface area contributed by atoms with Crippen LogP contribution in [0.15, 0.2) is 18.3 Å². The molecule has 1 heterocycles. The minimum absolute atomic E-state index is 0. The second-order valence-electron chi connectivity index (χ2n) is 3.95. The van der Waals surface area contributed by atoms with Gasteiger partial charge in [-0.3, -0.25) is 4.79 Å². The van der Waals surface area contributed by atoms with Gasteiger partial charge in [0.15, 0.2) is 11.4 Å². The summed E-state index contributed by atoms with van der Waals surface area (Å²) in [6, 6.07) is 3.05. The number of halogens is 4. The largest absolute Gasteiger partial charge is 0.485 e. The molecule has 9 heteroatoms. The van der Waals surface area contributed by atoms with Gasteiger partial charge in [-0.15, -0.1) is 24.8 Å². The molecular formula is C12H19Cl2F2N3O2. The number of amides is 1. The first-order valence-corrected chi connectivity index (χ1v) is 5.86. The third-order valence-electron chi connectivity index (χ3n) is 2.41. The zero-order chi connectivity index (χ0) is 14.3. The smallest absolute Gasteiger partial charge is 0.273 e. The molecule has 0 aliphatic heterocycles. The van der Waals surface area contributed by atoms with Crippen LogP contribution in [0.5, 0.6) is 5.75 Å². The first-order chi connectivity index (χ1) is 9.04.